The Balaban J connectivity index is 3.24. The normalized spacial score (nSPS) is 11.2. The van der Waals surface area contributed by atoms with Gasteiger partial charge in [0.1, 0.15) is 0 Å². The predicted molar refractivity (Wildman–Crippen MR) is 69.7 cm³/mol. The van der Waals surface area contributed by atoms with E-state index in [-0.39, 0.29) is 23.8 Å². The zero-order valence-corrected chi connectivity index (χ0v) is 11.2. The lowest BCUT2D eigenvalue weighted by Gasteiger charge is -2.18. The van der Waals surface area contributed by atoms with E-state index in [0.717, 1.165) is 0 Å². The third-order valence-electron chi connectivity index (χ3n) is 2.50. The van der Waals surface area contributed by atoms with Crippen LogP contribution in [-0.4, -0.2) is 31.6 Å². The molecule has 0 aromatic heterocycles. The van der Waals surface area contributed by atoms with Crippen molar-refractivity contribution in [2.24, 2.45) is 0 Å². The van der Waals surface area contributed by atoms with Gasteiger partial charge in [-0.05, 0) is 19.1 Å². The quantitative estimate of drug-likeness (QED) is 0.599. The third kappa shape index (κ3) is 2.97. The van der Waals surface area contributed by atoms with Gasteiger partial charge in [-0.3, -0.25) is 4.79 Å². The van der Waals surface area contributed by atoms with Crippen LogP contribution in [0.15, 0.2) is 29.2 Å². The predicted octanol–water partition coefficient (Wildman–Crippen LogP) is 1.53. The smallest absolute Gasteiger partial charge is 0.243 e. The molecule has 0 atom stereocenters. The van der Waals surface area contributed by atoms with Gasteiger partial charge >= 0.3 is 0 Å². The summed E-state index contributed by atoms with van der Waals surface area (Å²) in [6, 6.07) is 5.96. The lowest BCUT2D eigenvalue weighted by Crippen LogP contribution is -2.31. The van der Waals surface area contributed by atoms with Gasteiger partial charge in [0.05, 0.1) is 11.4 Å². The molecule has 1 rings (SSSR count). The maximum atomic E-state index is 12.2. The molecule has 1 aromatic rings. The van der Waals surface area contributed by atoms with Crippen LogP contribution in [0.25, 0.3) is 0 Å². The Bertz CT molecular complexity index is 584. The number of hydrogen-bond donors (Lipinski definition) is 0. The monoisotopic (exact) mass is 265 g/mol. The Morgan fingerprint density at radius 3 is 2.61 bits per heavy atom. The molecule has 4 nitrogen and oxygen atoms in total. The molecule has 0 aliphatic heterocycles. The molecule has 0 aliphatic carbocycles. The Morgan fingerprint density at radius 2 is 2.11 bits per heavy atom. The number of nitrogens with zero attached hydrogens (tertiary/aromatic N) is 1. The molecule has 0 bridgehead atoms. The number of rotatable bonds is 5. The van der Waals surface area contributed by atoms with Crippen molar-refractivity contribution in [3.63, 3.8) is 0 Å². The van der Waals surface area contributed by atoms with Crippen molar-refractivity contribution in [2.45, 2.75) is 18.7 Å². The fourth-order valence-corrected chi connectivity index (χ4v) is 2.90. The summed E-state index contributed by atoms with van der Waals surface area (Å²) in [6.45, 7) is 3.41. The van der Waals surface area contributed by atoms with Gasteiger partial charge in [0.2, 0.25) is 10.0 Å². The van der Waals surface area contributed by atoms with Crippen molar-refractivity contribution in [2.75, 3.05) is 13.1 Å². The molecule has 96 valence electrons. The lowest BCUT2D eigenvalue weighted by molar-refractivity contribution is 0.101. The molecule has 0 N–H and O–H groups in total. The van der Waals surface area contributed by atoms with Gasteiger partial charge < -0.3 is 0 Å². The van der Waals surface area contributed by atoms with Gasteiger partial charge in [0.25, 0.3) is 0 Å². The topological polar surface area (TPSA) is 54.5 Å². The highest BCUT2D eigenvalue weighted by atomic mass is 32.2. The van der Waals surface area contributed by atoms with Gasteiger partial charge in [0.15, 0.2) is 5.78 Å². The van der Waals surface area contributed by atoms with Gasteiger partial charge in [-0.1, -0.05) is 25.0 Å². The van der Waals surface area contributed by atoms with Gasteiger partial charge in [-0.15, -0.1) is 6.42 Å². The molecular weight excluding hydrogens is 250 g/mol. The number of hydrogen-bond acceptors (Lipinski definition) is 3. The molecule has 18 heavy (non-hydrogen) atoms. The maximum Gasteiger partial charge on any atom is 0.243 e. The molecule has 0 spiro atoms. The Kier molecular flexibility index (Phi) is 4.65. The molecule has 0 fully saturated rings. The summed E-state index contributed by atoms with van der Waals surface area (Å²) in [5.74, 6) is 2.14. The van der Waals surface area contributed by atoms with E-state index in [1.165, 1.54) is 23.4 Å². The fraction of sp³-hybridized carbons (Fsp3) is 0.308. The molecule has 1 aromatic carbocycles. The number of sulfonamides is 1. The van der Waals surface area contributed by atoms with Gasteiger partial charge in [-0.2, -0.15) is 4.31 Å². The second kappa shape index (κ2) is 5.80. The van der Waals surface area contributed by atoms with Crippen LogP contribution in [0.3, 0.4) is 0 Å². The molecule has 0 saturated carbocycles. The molecular formula is C13H15NO3S. The molecule has 0 amide bonds. The van der Waals surface area contributed by atoms with E-state index in [1.54, 1.807) is 19.1 Å². The molecule has 0 unspecified atom stereocenters. The minimum absolute atomic E-state index is 0.0170. The van der Waals surface area contributed by atoms with Crippen molar-refractivity contribution < 1.29 is 13.2 Å². The van der Waals surface area contributed by atoms with Crippen LogP contribution in [0.1, 0.15) is 24.2 Å². The summed E-state index contributed by atoms with van der Waals surface area (Å²) >= 11 is 0. The van der Waals surface area contributed by atoms with E-state index in [4.69, 9.17) is 6.42 Å². The zero-order chi connectivity index (χ0) is 13.8. The van der Waals surface area contributed by atoms with Crippen LogP contribution in [0.5, 0.6) is 0 Å². The van der Waals surface area contributed by atoms with Crippen molar-refractivity contribution in [1.82, 2.24) is 4.31 Å². The van der Waals surface area contributed by atoms with Crippen molar-refractivity contribution in [3.05, 3.63) is 29.8 Å². The summed E-state index contributed by atoms with van der Waals surface area (Å²) in [4.78, 5) is 11.3. The summed E-state index contributed by atoms with van der Waals surface area (Å²) in [6.07, 6.45) is 5.15. The van der Waals surface area contributed by atoms with Crippen LogP contribution in [0.2, 0.25) is 0 Å². The summed E-state index contributed by atoms with van der Waals surface area (Å²) in [5.41, 5.74) is 0.368. The average Bonchev–Trinajstić information content (AvgIpc) is 2.35. The van der Waals surface area contributed by atoms with E-state index in [2.05, 4.69) is 5.92 Å². The number of Topliss-reactive ketones (excluding diaryl/α,β-unsaturated/α-hetero) is 1. The number of carbonyl (C=O) groups excluding carboxylic acids is 1. The van der Waals surface area contributed by atoms with Crippen molar-refractivity contribution in [1.29, 1.82) is 0 Å². The van der Waals surface area contributed by atoms with E-state index in [1.807, 2.05) is 0 Å². The Morgan fingerprint density at radius 1 is 1.44 bits per heavy atom. The van der Waals surface area contributed by atoms with E-state index in [0.29, 0.717) is 5.56 Å². The molecule has 5 heteroatoms. The first kappa shape index (κ1) is 14.4. The molecule has 0 saturated heterocycles. The maximum absolute atomic E-state index is 12.2. The van der Waals surface area contributed by atoms with Crippen molar-refractivity contribution in [3.8, 4) is 12.3 Å². The van der Waals surface area contributed by atoms with Crippen LogP contribution in [0.4, 0.5) is 0 Å². The number of carbonyl (C=O) groups is 1. The van der Waals surface area contributed by atoms with Crippen LogP contribution >= 0.6 is 0 Å². The Hall–Kier alpha value is -1.64. The summed E-state index contributed by atoms with van der Waals surface area (Å²) in [5, 5.41) is 0. The molecule has 0 radical (unpaired) electrons. The van der Waals surface area contributed by atoms with Crippen LogP contribution in [-0.2, 0) is 10.0 Å². The minimum Gasteiger partial charge on any atom is -0.295 e. The standard InChI is InChI=1S/C13H15NO3S/c1-4-9-14(5-2)18(16,17)13-8-6-7-12(10-13)11(3)15/h1,6-8,10H,5,9H2,2-3H3. The highest BCUT2D eigenvalue weighted by Gasteiger charge is 2.22. The first-order chi connectivity index (χ1) is 8.43. The average molecular weight is 265 g/mol. The molecule has 0 heterocycles. The molecule has 0 aliphatic rings. The summed E-state index contributed by atoms with van der Waals surface area (Å²) in [7, 11) is -3.63. The lowest BCUT2D eigenvalue weighted by atomic mass is 10.2. The highest BCUT2D eigenvalue weighted by molar-refractivity contribution is 7.89. The fourth-order valence-electron chi connectivity index (χ4n) is 1.49. The van der Waals surface area contributed by atoms with Crippen LogP contribution in [0, 0.1) is 12.3 Å². The SMILES string of the molecule is C#CCN(CC)S(=O)(=O)c1cccc(C(C)=O)c1. The van der Waals surface area contributed by atoms with E-state index >= 15 is 0 Å². The first-order valence-electron chi connectivity index (χ1n) is 5.48. The number of benzene rings is 1. The number of terminal acetylenes is 1. The third-order valence-corrected chi connectivity index (χ3v) is 4.42. The highest BCUT2D eigenvalue weighted by Crippen LogP contribution is 2.17. The summed E-state index contributed by atoms with van der Waals surface area (Å²) < 4.78 is 25.7. The van der Waals surface area contributed by atoms with Gasteiger partial charge in [0, 0.05) is 12.1 Å². The first-order valence-corrected chi connectivity index (χ1v) is 6.92. The van der Waals surface area contributed by atoms with Gasteiger partial charge in [-0.25, -0.2) is 8.42 Å². The minimum atomic E-state index is -3.63. The number of ketones is 1. The van der Waals surface area contributed by atoms with Crippen molar-refractivity contribution >= 4 is 15.8 Å². The second-order valence-corrected chi connectivity index (χ2v) is 5.66. The Labute approximate surface area is 108 Å². The second-order valence-electron chi connectivity index (χ2n) is 3.72. The zero-order valence-electron chi connectivity index (χ0n) is 10.4. The van der Waals surface area contributed by atoms with E-state index in [9.17, 15) is 13.2 Å². The largest absolute Gasteiger partial charge is 0.295 e. The van der Waals surface area contributed by atoms with Crippen LogP contribution < -0.4 is 0 Å². The van der Waals surface area contributed by atoms with E-state index < -0.39 is 10.0 Å².